The highest BCUT2D eigenvalue weighted by atomic mass is 16.4. The van der Waals surface area contributed by atoms with Gasteiger partial charge in [0.2, 0.25) is 0 Å². The number of carbonyl (C=O) groups excluding carboxylic acids is 1. The number of rotatable bonds is 3. The van der Waals surface area contributed by atoms with E-state index in [1.165, 1.54) is 6.20 Å². The summed E-state index contributed by atoms with van der Waals surface area (Å²) in [6.07, 6.45) is 2.83. The van der Waals surface area contributed by atoms with Crippen LogP contribution >= 0.6 is 0 Å². The number of aromatic nitrogens is 2. The second-order valence-corrected chi connectivity index (χ2v) is 5.37. The van der Waals surface area contributed by atoms with Crippen molar-refractivity contribution in [1.29, 1.82) is 0 Å². The van der Waals surface area contributed by atoms with Crippen LogP contribution in [0.15, 0.2) is 30.5 Å². The Hall–Kier alpha value is -3.14. The zero-order valence-corrected chi connectivity index (χ0v) is 12.2. The molecule has 0 spiro atoms. The summed E-state index contributed by atoms with van der Waals surface area (Å²) in [6, 6.07) is 6.38. The minimum Gasteiger partial charge on any atom is -0.476 e. The summed E-state index contributed by atoms with van der Waals surface area (Å²) < 4.78 is 1.78. The molecule has 0 fully saturated rings. The number of hydrogen-bond acceptors (Lipinski definition) is 3. The highest BCUT2D eigenvalue weighted by molar-refractivity contribution is 5.94. The number of nitrogens with one attached hydrogen (secondary N) is 1. The van der Waals surface area contributed by atoms with Crippen molar-refractivity contribution in [3.63, 3.8) is 0 Å². The van der Waals surface area contributed by atoms with Gasteiger partial charge in [-0.1, -0.05) is 24.3 Å². The van der Waals surface area contributed by atoms with Crippen LogP contribution in [0.4, 0.5) is 5.69 Å². The molecule has 1 atom stereocenters. The average molecular weight is 310 g/mol. The largest absolute Gasteiger partial charge is 0.476 e. The Morgan fingerprint density at radius 2 is 2.09 bits per heavy atom. The lowest BCUT2D eigenvalue weighted by molar-refractivity contribution is 0.0690. The highest BCUT2D eigenvalue weighted by Crippen LogP contribution is 2.17. The molecule has 1 amide bonds. The molecule has 23 heavy (non-hydrogen) atoms. The summed E-state index contributed by atoms with van der Waals surface area (Å²) in [5, 5.41) is 11.9. The Morgan fingerprint density at radius 1 is 1.35 bits per heavy atom. The van der Waals surface area contributed by atoms with Crippen LogP contribution < -0.4 is 5.32 Å². The van der Waals surface area contributed by atoms with Crippen molar-refractivity contribution in [3.8, 4) is 0 Å². The van der Waals surface area contributed by atoms with Crippen molar-refractivity contribution < 1.29 is 14.7 Å². The number of imidazole rings is 1. The molecular formula is C16H14N4O3. The van der Waals surface area contributed by atoms with E-state index in [9.17, 15) is 9.59 Å². The molecule has 7 nitrogen and oxygen atoms in total. The van der Waals surface area contributed by atoms with Gasteiger partial charge < -0.3 is 15.0 Å². The normalized spacial score (nSPS) is 16.2. The fraction of sp³-hybridized carbons (Fsp3) is 0.250. The van der Waals surface area contributed by atoms with Gasteiger partial charge in [0.1, 0.15) is 5.82 Å². The predicted octanol–water partition coefficient (Wildman–Crippen LogP) is 1.88. The van der Waals surface area contributed by atoms with Crippen molar-refractivity contribution in [3.05, 3.63) is 59.0 Å². The Balaban J connectivity index is 1.67. The van der Waals surface area contributed by atoms with E-state index in [-0.39, 0.29) is 17.6 Å². The van der Waals surface area contributed by atoms with Crippen LogP contribution in [0, 0.1) is 6.57 Å². The molecule has 3 rings (SSSR count). The number of amides is 1. The van der Waals surface area contributed by atoms with Crippen molar-refractivity contribution in [2.24, 2.45) is 0 Å². The third kappa shape index (κ3) is 3.06. The third-order valence-corrected chi connectivity index (χ3v) is 3.81. The second kappa shape index (κ2) is 5.93. The molecule has 0 aliphatic carbocycles. The van der Waals surface area contributed by atoms with Gasteiger partial charge in [-0.2, -0.15) is 0 Å². The number of benzene rings is 1. The second-order valence-electron chi connectivity index (χ2n) is 5.37. The van der Waals surface area contributed by atoms with E-state index in [4.69, 9.17) is 11.7 Å². The van der Waals surface area contributed by atoms with Gasteiger partial charge in [0.15, 0.2) is 11.4 Å². The molecule has 2 heterocycles. The molecule has 1 aromatic carbocycles. The highest BCUT2D eigenvalue weighted by Gasteiger charge is 2.23. The standard InChI is InChI=1S/C16H14N4O3/c1-17-11-4-2-10(3-5-11)15(21)18-12-6-7-14-19-13(16(22)23)9-20(14)8-12/h2-5,9,12H,6-8H2,(H,18,21)(H,22,23). The van der Waals surface area contributed by atoms with Crippen LogP contribution in [0.2, 0.25) is 0 Å². The van der Waals surface area contributed by atoms with E-state index in [0.717, 1.165) is 5.82 Å². The smallest absolute Gasteiger partial charge is 0.356 e. The maximum Gasteiger partial charge on any atom is 0.356 e. The minimum atomic E-state index is -1.05. The number of carboxylic acids is 1. The van der Waals surface area contributed by atoms with E-state index in [1.54, 1.807) is 28.8 Å². The minimum absolute atomic E-state index is 0.0294. The Morgan fingerprint density at radius 3 is 2.74 bits per heavy atom. The molecule has 0 bridgehead atoms. The predicted molar refractivity (Wildman–Crippen MR) is 81.5 cm³/mol. The lowest BCUT2D eigenvalue weighted by atomic mass is 10.1. The lowest BCUT2D eigenvalue weighted by Crippen LogP contribution is -2.40. The van der Waals surface area contributed by atoms with Crippen LogP contribution in [0.3, 0.4) is 0 Å². The molecule has 1 unspecified atom stereocenters. The van der Waals surface area contributed by atoms with E-state index >= 15 is 0 Å². The molecule has 116 valence electrons. The lowest BCUT2D eigenvalue weighted by Gasteiger charge is -2.24. The van der Waals surface area contributed by atoms with E-state index < -0.39 is 5.97 Å². The van der Waals surface area contributed by atoms with Crippen LogP contribution in [0.1, 0.15) is 33.1 Å². The number of nitrogens with zero attached hydrogens (tertiary/aromatic N) is 3. The van der Waals surface area contributed by atoms with Gasteiger partial charge in [-0.25, -0.2) is 14.6 Å². The van der Waals surface area contributed by atoms with Crippen LogP contribution in [0.5, 0.6) is 0 Å². The number of hydrogen-bond donors (Lipinski definition) is 2. The van der Waals surface area contributed by atoms with Gasteiger partial charge in [-0.05, 0) is 6.42 Å². The zero-order valence-electron chi connectivity index (χ0n) is 12.2. The Bertz CT molecular complexity index is 802. The average Bonchev–Trinajstić information content (AvgIpc) is 2.98. The molecule has 0 radical (unpaired) electrons. The van der Waals surface area contributed by atoms with Crippen molar-refractivity contribution in [1.82, 2.24) is 14.9 Å². The van der Waals surface area contributed by atoms with Gasteiger partial charge in [0.25, 0.3) is 5.91 Å². The summed E-state index contributed by atoms with van der Waals surface area (Å²) in [7, 11) is 0. The number of carboxylic acid groups (broad SMARTS) is 1. The molecule has 1 aliphatic heterocycles. The van der Waals surface area contributed by atoms with Gasteiger partial charge in [0, 0.05) is 30.8 Å². The number of aryl methyl sites for hydroxylation is 1. The fourth-order valence-electron chi connectivity index (χ4n) is 2.62. The van der Waals surface area contributed by atoms with Crippen molar-refractivity contribution in [2.75, 3.05) is 0 Å². The number of carbonyl (C=O) groups is 2. The molecule has 0 saturated carbocycles. The maximum atomic E-state index is 12.2. The van der Waals surface area contributed by atoms with Crippen LogP contribution in [-0.2, 0) is 13.0 Å². The van der Waals surface area contributed by atoms with Gasteiger partial charge >= 0.3 is 5.97 Å². The van der Waals surface area contributed by atoms with Crippen molar-refractivity contribution >= 4 is 17.6 Å². The van der Waals surface area contributed by atoms with Crippen LogP contribution in [0.25, 0.3) is 4.85 Å². The third-order valence-electron chi connectivity index (χ3n) is 3.81. The van der Waals surface area contributed by atoms with Crippen LogP contribution in [-0.4, -0.2) is 32.6 Å². The summed E-state index contributed by atoms with van der Waals surface area (Å²) >= 11 is 0. The molecule has 2 aromatic rings. The van der Waals surface area contributed by atoms with Gasteiger partial charge in [-0.3, -0.25) is 4.79 Å². The molecule has 7 heteroatoms. The Labute approximate surface area is 132 Å². The molecular weight excluding hydrogens is 296 g/mol. The molecule has 0 saturated heterocycles. The topological polar surface area (TPSA) is 88.6 Å². The molecule has 2 N–H and O–H groups in total. The molecule has 1 aromatic heterocycles. The summed E-state index contributed by atoms with van der Waals surface area (Å²) in [5.74, 6) is -0.518. The fourth-order valence-corrected chi connectivity index (χ4v) is 2.62. The van der Waals surface area contributed by atoms with E-state index in [2.05, 4.69) is 15.1 Å². The van der Waals surface area contributed by atoms with E-state index in [0.29, 0.717) is 30.6 Å². The first-order valence-corrected chi connectivity index (χ1v) is 7.14. The first-order chi connectivity index (χ1) is 11.1. The Kier molecular flexibility index (Phi) is 3.81. The van der Waals surface area contributed by atoms with E-state index in [1.807, 2.05) is 0 Å². The maximum absolute atomic E-state index is 12.2. The number of aromatic carboxylic acids is 1. The van der Waals surface area contributed by atoms with Gasteiger partial charge in [-0.15, -0.1) is 0 Å². The monoisotopic (exact) mass is 310 g/mol. The first kappa shape index (κ1) is 14.8. The van der Waals surface area contributed by atoms with Gasteiger partial charge in [0.05, 0.1) is 6.57 Å². The summed E-state index contributed by atoms with van der Waals surface area (Å²) in [5.41, 5.74) is 1.02. The quantitative estimate of drug-likeness (QED) is 0.847. The SMILES string of the molecule is [C-]#[N+]c1ccc(C(=O)NC2CCc3nc(C(=O)O)cn3C2)cc1. The summed E-state index contributed by atoms with van der Waals surface area (Å²) in [6.45, 7) is 7.40. The first-order valence-electron chi connectivity index (χ1n) is 7.14. The van der Waals surface area contributed by atoms with Crippen molar-refractivity contribution in [2.45, 2.75) is 25.4 Å². The molecule has 1 aliphatic rings. The number of fused-ring (bicyclic) bond motifs is 1. The summed E-state index contributed by atoms with van der Waals surface area (Å²) in [4.78, 5) is 30.5. The zero-order chi connectivity index (χ0) is 16.4.